The van der Waals surface area contributed by atoms with Crippen molar-refractivity contribution in [3.63, 3.8) is 0 Å². The van der Waals surface area contributed by atoms with Gasteiger partial charge in [0.1, 0.15) is 5.82 Å². The summed E-state index contributed by atoms with van der Waals surface area (Å²) in [7, 11) is 3.62. The van der Waals surface area contributed by atoms with Gasteiger partial charge in [-0.2, -0.15) is 0 Å². The van der Waals surface area contributed by atoms with Crippen LogP contribution in [0.2, 0.25) is 0 Å². The van der Waals surface area contributed by atoms with E-state index in [0.29, 0.717) is 12.3 Å². The predicted octanol–water partition coefficient (Wildman–Crippen LogP) is 1.29. The minimum Gasteiger partial charge on any atom is -0.370 e. The van der Waals surface area contributed by atoms with Crippen molar-refractivity contribution in [2.45, 2.75) is 12.8 Å². The minimum atomic E-state index is 0.208. The highest BCUT2D eigenvalue weighted by molar-refractivity contribution is 5.75. The van der Waals surface area contributed by atoms with Crippen molar-refractivity contribution in [3.8, 4) is 0 Å². The lowest BCUT2D eigenvalue weighted by Crippen LogP contribution is -2.29. The summed E-state index contributed by atoms with van der Waals surface area (Å²) in [6, 6.07) is 5.90. The van der Waals surface area contributed by atoms with Crippen molar-refractivity contribution < 1.29 is 4.79 Å². The number of hydrogen-bond acceptors (Lipinski definition) is 4. The maximum atomic E-state index is 11.6. The molecule has 0 saturated carbocycles. The fourth-order valence-electron chi connectivity index (χ4n) is 2.48. The highest BCUT2D eigenvalue weighted by atomic mass is 16.2. The van der Waals surface area contributed by atoms with Crippen LogP contribution < -0.4 is 5.32 Å². The van der Waals surface area contributed by atoms with Gasteiger partial charge in [-0.3, -0.25) is 4.79 Å². The van der Waals surface area contributed by atoms with Gasteiger partial charge >= 0.3 is 0 Å². The van der Waals surface area contributed by atoms with Gasteiger partial charge in [0.15, 0.2) is 0 Å². The molecule has 0 bridgehead atoms. The van der Waals surface area contributed by atoms with Crippen molar-refractivity contribution in [2.24, 2.45) is 5.92 Å². The molecule has 0 aliphatic carbocycles. The molecule has 2 heterocycles. The number of rotatable bonds is 6. The van der Waals surface area contributed by atoms with Crippen LogP contribution in [-0.4, -0.2) is 61.0 Å². The van der Waals surface area contributed by atoms with Crippen molar-refractivity contribution >= 4 is 11.7 Å². The van der Waals surface area contributed by atoms with Crippen molar-refractivity contribution in [2.75, 3.05) is 45.6 Å². The molecule has 1 N–H and O–H groups in total. The molecule has 1 aromatic heterocycles. The summed E-state index contributed by atoms with van der Waals surface area (Å²) >= 11 is 0. The van der Waals surface area contributed by atoms with Gasteiger partial charge in [0, 0.05) is 46.3 Å². The predicted molar refractivity (Wildman–Crippen MR) is 80.6 cm³/mol. The van der Waals surface area contributed by atoms with E-state index in [4.69, 9.17) is 0 Å². The average molecular weight is 276 g/mol. The van der Waals surface area contributed by atoms with E-state index in [0.717, 1.165) is 32.0 Å². The van der Waals surface area contributed by atoms with Crippen LogP contribution >= 0.6 is 0 Å². The standard InChI is InChI=1S/C15H24N4O/c1-18(2)15(20)7-10-19-9-6-13(12-19)11-17-14-5-3-4-8-16-14/h3-5,8,13H,6-7,9-12H2,1-2H3,(H,16,17). The van der Waals surface area contributed by atoms with E-state index in [1.54, 1.807) is 11.1 Å². The molecule has 20 heavy (non-hydrogen) atoms. The van der Waals surface area contributed by atoms with E-state index in [2.05, 4.69) is 15.2 Å². The van der Waals surface area contributed by atoms with E-state index in [9.17, 15) is 4.79 Å². The van der Waals surface area contributed by atoms with Crippen molar-refractivity contribution in [1.82, 2.24) is 14.8 Å². The van der Waals surface area contributed by atoms with Crippen LogP contribution in [0.25, 0.3) is 0 Å². The quantitative estimate of drug-likeness (QED) is 0.850. The number of carbonyl (C=O) groups excluding carboxylic acids is 1. The summed E-state index contributed by atoms with van der Waals surface area (Å²) < 4.78 is 0. The van der Waals surface area contributed by atoms with Crippen molar-refractivity contribution in [1.29, 1.82) is 0 Å². The number of amides is 1. The summed E-state index contributed by atoms with van der Waals surface area (Å²) in [5.74, 6) is 1.79. The molecule has 1 aliphatic rings. The first kappa shape index (κ1) is 14.8. The molecule has 5 heteroatoms. The first-order valence-corrected chi connectivity index (χ1v) is 7.22. The van der Waals surface area contributed by atoms with Gasteiger partial charge in [0.05, 0.1) is 0 Å². The van der Waals surface area contributed by atoms with Crippen LogP contribution in [0.5, 0.6) is 0 Å². The Kier molecular flexibility index (Phi) is 5.35. The summed E-state index contributed by atoms with van der Waals surface area (Å²) in [6.45, 7) is 3.99. The van der Waals surface area contributed by atoms with Crippen LogP contribution in [-0.2, 0) is 4.79 Å². The Hall–Kier alpha value is -1.62. The molecule has 1 aliphatic heterocycles. The normalized spacial score (nSPS) is 19.0. The van der Waals surface area contributed by atoms with Gasteiger partial charge in [-0.15, -0.1) is 0 Å². The van der Waals surface area contributed by atoms with E-state index < -0.39 is 0 Å². The average Bonchev–Trinajstić information content (AvgIpc) is 2.91. The van der Waals surface area contributed by atoms with E-state index in [-0.39, 0.29) is 5.91 Å². The Labute approximate surface area is 121 Å². The van der Waals surface area contributed by atoms with Gasteiger partial charge in [-0.1, -0.05) is 6.07 Å². The monoisotopic (exact) mass is 276 g/mol. The molecular formula is C15H24N4O. The van der Waals surface area contributed by atoms with Crippen LogP contribution in [0, 0.1) is 5.92 Å². The van der Waals surface area contributed by atoms with Crippen LogP contribution in [0.15, 0.2) is 24.4 Å². The smallest absolute Gasteiger partial charge is 0.223 e. The van der Waals surface area contributed by atoms with Gasteiger partial charge in [0.25, 0.3) is 0 Å². The number of anilines is 1. The summed E-state index contributed by atoms with van der Waals surface area (Å²) in [6.07, 6.45) is 3.61. The van der Waals surface area contributed by atoms with E-state index >= 15 is 0 Å². The second-order valence-electron chi connectivity index (χ2n) is 5.59. The molecule has 1 saturated heterocycles. The van der Waals surface area contributed by atoms with E-state index in [1.165, 1.54) is 6.42 Å². The van der Waals surface area contributed by atoms with Gasteiger partial charge < -0.3 is 15.1 Å². The molecule has 1 unspecified atom stereocenters. The maximum Gasteiger partial charge on any atom is 0.223 e. The zero-order chi connectivity index (χ0) is 14.4. The fraction of sp³-hybridized carbons (Fsp3) is 0.600. The minimum absolute atomic E-state index is 0.208. The third kappa shape index (κ3) is 4.49. The first-order chi connectivity index (χ1) is 9.65. The molecule has 1 amide bonds. The molecule has 0 aromatic carbocycles. The molecular weight excluding hydrogens is 252 g/mol. The fourth-order valence-corrected chi connectivity index (χ4v) is 2.48. The zero-order valence-electron chi connectivity index (χ0n) is 12.4. The highest BCUT2D eigenvalue weighted by Crippen LogP contribution is 2.17. The van der Waals surface area contributed by atoms with Crippen LogP contribution in [0.1, 0.15) is 12.8 Å². The lowest BCUT2D eigenvalue weighted by atomic mass is 10.1. The maximum absolute atomic E-state index is 11.6. The SMILES string of the molecule is CN(C)C(=O)CCN1CCC(CNc2ccccn2)C1. The summed E-state index contributed by atoms with van der Waals surface area (Å²) in [4.78, 5) is 19.9. The molecule has 110 valence electrons. The Morgan fingerprint density at radius 3 is 3.05 bits per heavy atom. The number of nitrogens with one attached hydrogen (secondary N) is 1. The summed E-state index contributed by atoms with van der Waals surface area (Å²) in [5.41, 5.74) is 0. The largest absolute Gasteiger partial charge is 0.370 e. The number of likely N-dealkylation sites (tertiary alicyclic amines) is 1. The molecule has 1 aromatic rings. The van der Waals surface area contributed by atoms with Gasteiger partial charge in [-0.25, -0.2) is 4.98 Å². The van der Waals surface area contributed by atoms with Crippen molar-refractivity contribution in [3.05, 3.63) is 24.4 Å². The molecule has 1 atom stereocenters. The van der Waals surface area contributed by atoms with E-state index in [1.807, 2.05) is 32.3 Å². The second-order valence-corrected chi connectivity index (χ2v) is 5.59. The highest BCUT2D eigenvalue weighted by Gasteiger charge is 2.22. The molecule has 0 spiro atoms. The second kappa shape index (κ2) is 7.24. The Morgan fingerprint density at radius 2 is 2.35 bits per heavy atom. The molecule has 5 nitrogen and oxygen atoms in total. The molecule has 2 rings (SSSR count). The third-order valence-corrected chi connectivity index (χ3v) is 3.75. The third-order valence-electron chi connectivity index (χ3n) is 3.75. The Bertz CT molecular complexity index is 421. The number of aromatic nitrogens is 1. The molecule has 1 fully saturated rings. The topological polar surface area (TPSA) is 48.5 Å². The number of pyridine rings is 1. The Balaban J connectivity index is 1.66. The van der Waals surface area contributed by atoms with Gasteiger partial charge in [0.2, 0.25) is 5.91 Å². The lowest BCUT2D eigenvalue weighted by Gasteiger charge is -2.17. The van der Waals surface area contributed by atoms with Crippen LogP contribution in [0.4, 0.5) is 5.82 Å². The number of nitrogens with zero attached hydrogens (tertiary/aromatic N) is 3. The zero-order valence-corrected chi connectivity index (χ0v) is 12.4. The number of carbonyl (C=O) groups is 1. The summed E-state index contributed by atoms with van der Waals surface area (Å²) in [5, 5.41) is 3.38. The Morgan fingerprint density at radius 1 is 1.50 bits per heavy atom. The lowest BCUT2D eigenvalue weighted by molar-refractivity contribution is -0.128. The van der Waals surface area contributed by atoms with Crippen LogP contribution in [0.3, 0.4) is 0 Å². The molecule has 0 radical (unpaired) electrons. The van der Waals surface area contributed by atoms with Gasteiger partial charge in [-0.05, 0) is 31.0 Å². The first-order valence-electron chi connectivity index (χ1n) is 7.22. The number of hydrogen-bond donors (Lipinski definition) is 1.